The van der Waals surface area contributed by atoms with Crippen LogP contribution in [0.5, 0.6) is 0 Å². The highest BCUT2D eigenvalue weighted by Gasteiger charge is 2.24. The van der Waals surface area contributed by atoms with Gasteiger partial charge in [0, 0.05) is 24.1 Å². The maximum Gasteiger partial charge on any atom is 0.414 e. The van der Waals surface area contributed by atoms with Gasteiger partial charge in [0.05, 0.1) is 10.6 Å². The molecule has 0 bridgehead atoms. The zero-order valence-electron chi connectivity index (χ0n) is 16.8. The maximum absolute atomic E-state index is 12.5. The molecule has 0 saturated carbocycles. The Bertz CT molecular complexity index is 896. The minimum absolute atomic E-state index is 0.299. The van der Waals surface area contributed by atoms with Crippen molar-refractivity contribution >= 4 is 40.7 Å². The van der Waals surface area contributed by atoms with E-state index in [4.69, 9.17) is 22.1 Å². The van der Waals surface area contributed by atoms with Crippen molar-refractivity contribution in [3.63, 3.8) is 0 Å². The first-order valence-corrected chi connectivity index (χ1v) is 9.35. The molecule has 0 saturated heterocycles. The standard InChI is InChI=1S/C21H26ClN3O3/c1-6-21(3,4)28-20(27)25(5)15-8-10-18(13(2)11-15)24-19(26)16-12-14(23)7-9-17(16)22/h7-12H,6,23H2,1-5H3,(H,24,26). The summed E-state index contributed by atoms with van der Waals surface area (Å²) < 4.78 is 5.51. The third-order valence-corrected chi connectivity index (χ3v) is 4.90. The number of amides is 2. The van der Waals surface area contributed by atoms with Gasteiger partial charge in [-0.3, -0.25) is 9.69 Å². The number of nitrogens with two attached hydrogens (primary N) is 1. The average molecular weight is 404 g/mol. The fourth-order valence-electron chi connectivity index (χ4n) is 2.39. The van der Waals surface area contributed by atoms with Crippen molar-refractivity contribution in [1.82, 2.24) is 0 Å². The molecule has 2 rings (SSSR count). The molecule has 0 radical (unpaired) electrons. The molecule has 0 unspecified atom stereocenters. The van der Waals surface area contributed by atoms with Crippen LogP contribution in [0.1, 0.15) is 43.1 Å². The van der Waals surface area contributed by atoms with E-state index in [1.165, 1.54) is 11.0 Å². The average Bonchev–Trinajstić information content (AvgIpc) is 2.64. The Morgan fingerprint density at radius 1 is 1.21 bits per heavy atom. The number of hydrogen-bond acceptors (Lipinski definition) is 4. The second-order valence-corrected chi connectivity index (χ2v) is 7.64. The van der Waals surface area contributed by atoms with Gasteiger partial charge < -0.3 is 15.8 Å². The third kappa shape index (κ3) is 5.16. The normalized spacial score (nSPS) is 11.1. The molecule has 0 aliphatic carbocycles. The van der Waals surface area contributed by atoms with Gasteiger partial charge in [0.25, 0.3) is 5.91 Å². The van der Waals surface area contributed by atoms with E-state index in [-0.39, 0.29) is 5.91 Å². The van der Waals surface area contributed by atoms with Gasteiger partial charge in [-0.15, -0.1) is 0 Å². The van der Waals surface area contributed by atoms with Crippen molar-refractivity contribution in [3.8, 4) is 0 Å². The summed E-state index contributed by atoms with van der Waals surface area (Å²) in [6.07, 6.45) is 0.276. The number of halogens is 1. The zero-order chi connectivity index (χ0) is 21.1. The quantitative estimate of drug-likeness (QED) is 0.668. The van der Waals surface area contributed by atoms with Crippen LogP contribution in [-0.4, -0.2) is 24.6 Å². The summed E-state index contributed by atoms with van der Waals surface area (Å²) in [5, 5.41) is 3.14. The number of aryl methyl sites for hydroxylation is 1. The van der Waals surface area contributed by atoms with Crippen LogP contribution in [0.25, 0.3) is 0 Å². The Labute approximate surface area is 170 Å². The SMILES string of the molecule is CCC(C)(C)OC(=O)N(C)c1ccc(NC(=O)c2cc(N)ccc2Cl)c(C)c1. The second kappa shape index (κ2) is 8.52. The highest BCUT2D eigenvalue weighted by molar-refractivity contribution is 6.34. The first-order valence-electron chi connectivity index (χ1n) is 8.98. The van der Waals surface area contributed by atoms with E-state index < -0.39 is 11.7 Å². The summed E-state index contributed by atoms with van der Waals surface area (Å²) in [5.74, 6) is -0.356. The lowest BCUT2D eigenvalue weighted by Crippen LogP contribution is -2.35. The molecule has 0 heterocycles. The Morgan fingerprint density at radius 2 is 1.89 bits per heavy atom. The molecule has 2 amide bonds. The summed E-state index contributed by atoms with van der Waals surface area (Å²) in [6, 6.07) is 10.0. The van der Waals surface area contributed by atoms with Crippen molar-refractivity contribution in [2.45, 2.75) is 39.7 Å². The van der Waals surface area contributed by atoms with Crippen LogP contribution in [0.2, 0.25) is 5.02 Å². The van der Waals surface area contributed by atoms with Gasteiger partial charge in [-0.05, 0) is 69.2 Å². The van der Waals surface area contributed by atoms with Gasteiger partial charge in [-0.25, -0.2) is 4.79 Å². The highest BCUT2D eigenvalue weighted by Crippen LogP contribution is 2.26. The van der Waals surface area contributed by atoms with Crippen LogP contribution in [0.3, 0.4) is 0 Å². The molecule has 7 heteroatoms. The smallest absolute Gasteiger partial charge is 0.414 e. The molecule has 0 spiro atoms. The number of nitrogens with zero attached hydrogens (tertiary/aromatic N) is 1. The van der Waals surface area contributed by atoms with Crippen LogP contribution < -0.4 is 16.0 Å². The van der Waals surface area contributed by atoms with Crippen molar-refractivity contribution in [3.05, 3.63) is 52.5 Å². The summed E-state index contributed by atoms with van der Waals surface area (Å²) >= 11 is 6.09. The number of nitrogen functional groups attached to an aromatic ring is 1. The van der Waals surface area contributed by atoms with Crippen molar-refractivity contribution in [1.29, 1.82) is 0 Å². The number of ether oxygens (including phenoxy) is 1. The van der Waals surface area contributed by atoms with E-state index in [0.717, 1.165) is 5.56 Å². The minimum atomic E-state index is -0.537. The molecule has 2 aromatic carbocycles. The third-order valence-electron chi connectivity index (χ3n) is 4.57. The summed E-state index contributed by atoms with van der Waals surface area (Å²) in [6.45, 7) is 7.53. The molecule has 3 N–H and O–H groups in total. The molecule has 6 nitrogen and oxygen atoms in total. The van der Waals surface area contributed by atoms with Gasteiger partial charge in [0.1, 0.15) is 5.60 Å². The number of carbonyl (C=O) groups is 2. The van der Waals surface area contributed by atoms with Gasteiger partial charge in [0.2, 0.25) is 0 Å². The van der Waals surface area contributed by atoms with E-state index in [1.54, 1.807) is 37.4 Å². The van der Waals surface area contributed by atoms with Crippen molar-refractivity contribution in [2.75, 3.05) is 23.0 Å². The van der Waals surface area contributed by atoms with Gasteiger partial charge in [0.15, 0.2) is 0 Å². The van der Waals surface area contributed by atoms with Gasteiger partial charge in [-0.2, -0.15) is 0 Å². The largest absolute Gasteiger partial charge is 0.443 e. The maximum atomic E-state index is 12.5. The molecule has 0 aliphatic heterocycles. The number of carbonyl (C=O) groups excluding carboxylic acids is 2. The Kier molecular flexibility index (Phi) is 6.56. The number of anilines is 3. The molecule has 0 fully saturated rings. The summed E-state index contributed by atoms with van der Waals surface area (Å²) in [7, 11) is 1.65. The Balaban J connectivity index is 2.16. The molecule has 150 valence electrons. The van der Waals surface area contributed by atoms with Crippen LogP contribution in [0, 0.1) is 6.92 Å². The summed E-state index contributed by atoms with van der Waals surface area (Å²) in [5.41, 5.74) is 8.02. The lowest BCUT2D eigenvalue weighted by atomic mass is 10.1. The van der Waals surface area contributed by atoms with Crippen LogP contribution in [-0.2, 0) is 4.74 Å². The molecule has 28 heavy (non-hydrogen) atoms. The molecular weight excluding hydrogens is 378 g/mol. The second-order valence-electron chi connectivity index (χ2n) is 7.23. The molecule has 0 aromatic heterocycles. The molecule has 0 atom stereocenters. The highest BCUT2D eigenvalue weighted by atomic mass is 35.5. The fourth-order valence-corrected chi connectivity index (χ4v) is 2.59. The topological polar surface area (TPSA) is 84.7 Å². The number of benzene rings is 2. The molecule has 0 aliphatic rings. The van der Waals surface area contributed by atoms with E-state index in [9.17, 15) is 9.59 Å². The van der Waals surface area contributed by atoms with Crippen LogP contribution >= 0.6 is 11.6 Å². The van der Waals surface area contributed by atoms with E-state index in [1.807, 2.05) is 27.7 Å². The van der Waals surface area contributed by atoms with Gasteiger partial charge in [-0.1, -0.05) is 18.5 Å². The van der Waals surface area contributed by atoms with Crippen molar-refractivity contribution < 1.29 is 14.3 Å². The lowest BCUT2D eigenvalue weighted by Gasteiger charge is -2.27. The van der Waals surface area contributed by atoms with Crippen molar-refractivity contribution in [2.24, 2.45) is 0 Å². The predicted octanol–water partition coefficient (Wildman–Crippen LogP) is 5.24. The molecular formula is C21H26ClN3O3. The predicted molar refractivity (Wildman–Crippen MR) is 114 cm³/mol. The molecule has 2 aromatic rings. The fraction of sp³-hybridized carbons (Fsp3) is 0.333. The first-order chi connectivity index (χ1) is 13.0. The van der Waals surface area contributed by atoms with E-state index >= 15 is 0 Å². The minimum Gasteiger partial charge on any atom is -0.443 e. The number of rotatable bonds is 5. The zero-order valence-corrected chi connectivity index (χ0v) is 17.6. The number of nitrogens with one attached hydrogen (secondary N) is 1. The van der Waals surface area contributed by atoms with Gasteiger partial charge >= 0.3 is 6.09 Å². The number of hydrogen-bond donors (Lipinski definition) is 2. The monoisotopic (exact) mass is 403 g/mol. The first kappa shape index (κ1) is 21.6. The van der Waals surface area contributed by atoms with E-state index in [2.05, 4.69) is 5.32 Å². The Hall–Kier alpha value is -2.73. The summed E-state index contributed by atoms with van der Waals surface area (Å²) in [4.78, 5) is 26.3. The van der Waals surface area contributed by atoms with Crippen LogP contribution in [0.4, 0.5) is 21.9 Å². The lowest BCUT2D eigenvalue weighted by molar-refractivity contribution is 0.0419. The van der Waals surface area contributed by atoms with Crippen LogP contribution in [0.15, 0.2) is 36.4 Å². The Morgan fingerprint density at radius 3 is 2.50 bits per heavy atom. The van der Waals surface area contributed by atoms with E-state index in [0.29, 0.717) is 34.1 Å².